The van der Waals surface area contributed by atoms with Crippen LogP contribution in [0.15, 0.2) is 30.3 Å². The van der Waals surface area contributed by atoms with E-state index < -0.39 is 63.5 Å². The monoisotopic (exact) mass is 648 g/mol. The van der Waals surface area contributed by atoms with Crippen LogP contribution in [0.5, 0.6) is 0 Å². The fourth-order valence-electron chi connectivity index (χ4n) is 5.34. The van der Waals surface area contributed by atoms with E-state index in [1.54, 1.807) is 65.0 Å². The molecule has 4 atom stereocenters. The summed E-state index contributed by atoms with van der Waals surface area (Å²) in [5, 5.41) is 25.2. The number of thioether (sulfide) groups is 1. The van der Waals surface area contributed by atoms with E-state index in [1.807, 2.05) is 0 Å². The van der Waals surface area contributed by atoms with E-state index in [0.717, 1.165) is 0 Å². The number of aliphatic carboxylic acids is 1. The number of hydrogen-bond donors (Lipinski definition) is 4. The molecule has 0 spiro atoms. The molecule has 0 aromatic heterocycles. The first-order valence-corrected chi connectivity index (χ1v) is 16.0. The number of carboxylic acids is 1. The van der Waals surface area contributed by atoms with Crippen LogP contribution in [0.3, 0.4) is 0 Å². The summed E-state index contributed by atoms with van der Waals surface area (Å²) in [5.74, 6) is -4.04. The highest BCUT2D eigenvalue weighted by molar-refractivity contribution is 8.01. The number of ketones is 1. The van der Waals surface area contributed by atoms with Crippen molar-refractivity contribution >= 4 is 47.3 Å². The maximum Gasteiger partial charge on any atom is 0.407 e. The highest BCUT2D eigenvalue weighted by atomic mass is 32.2. The number of ether oxygens (including phenoxy) is 1. The van der Waals surface area contributed by atoms with Gasteiger partial charge in [-0.25, -0.2) is 14.7 Å². The topological polar surface area (TPSA) is 183 Å². The predicted octanol–water partition coefficient (Wildman–Crippen LogP) is 3.05. The summed E-state index contributed by atoms with van der Waals surface area (Å²) < 4.78 is 4.41. The number of rotatable bonds is 15. The average molecular weight is 649 g/mol. The molecule has 2 heterocycles. The summed E-state index contributed by atoms with van der Waals surface area (Å²) >= 11 is 1.31. The maximum atomic E-state index is 13.4. The van der Waals surface area contributed by atoms with Gasteiger partial charge < -0.3 is 25.4 Å². The number of carbonyl (C=O) groups excluding carboxylic acids is 5. The van der Waals surface area contributed by atoms with Gasteiger partial charge in [-0.3, -0.25) is 24.4 Å². The lowest BCUT2D eigenvalue weighted by molar-refractivity contribution is -0.166. The highest BCUT2D eigenvalue weighted by Gasteiger charge is 2.64. The lowest BCUT2D eigenvalue weighted by Gasteiger charge is -2.44. The molecule has 4 N–H and O–H groups in total. The minimum Gasteiger partial charge on any atom is -0.480 e. The minimum atomic E-state index is -1.11. The zero-order chi connectivity index (χ0) is 33.5. The molecule has 13 nitrogen and oxygen atoms in total. The van der Waals surface area contributed by atoms with E-state index in [0.29, 0.717) is 36.4 Å². The van der Waals surface area contributed by atoms with Gasteiger partial charge in [0, 0.05) is 37.1 Å². The second-order valence-electron chi connectivity index (χ2n) is 12.8. The van der Waals surface area contributed by atoms with Crippen LogP contribution in [0.1, 0.15) is 84.6 Å². The summed E-state index contributed by atoms with van der Waals surface area (Å²) in [6, 6.07) is 6.69. The number of Topliss-reactive ketones (excluding diaryl/α,β-unsaturated/α-hetero) is 1. The molecule has 4 amide bonds. The number of fused-ring (bicyclic) bond motifs is 1. The van der Waals surface area contributed by atoms with E-state index in [2.05, 4.69) is 10.6 Å². The van der Waals surface area contributed by atoms with E-state index in [1.165, 1.54) is 16.7 Å². The van der Waals surface area contributed by atoms with Crippen LogP contribution in [0.2, 0.25) is 0 Å². The summed E-state index contributed by atoms with van der Waals surface area (Å²) in [7, 11) is 0. The molecule has 0 saturated carbocycles. The van der Waals surface area contributed by atoms with Crippen LogP contribution in [0.25, 0.3) is 0 Å². The van der Waals surface area contributed by atoms with Crippen molar-refractivity contribution in [2.45, 2.75) is 107 Å². The Bertz CT molecular complexity index is 1270. The molecule has 0 radical (unpaired) electrons. The van der Waals surface area contributed by atoms with Crippen molar-refractivity contribution in [2.24, 2.45) is 0 Å². The van der Waals surface area contributed by atoms with Crippen molar-refractivity contribution in [3.05, 3.63) is 35.9 Å². The fraction of sp³-hybridized carbons (Fsp3) is 0.613. The van der Waals surface area contributed by atoms with Gasteiger partial charge in [0.25, 0.3) is 0 Å². The maximum absolute atomic E-state index is 13.4. The third-order valence-corrected chi connectivity index (χ3v) is 9.11. The van der Waals surface area contributed by atoms with Crippen molar-refractivity contribution < 1.29 is 43.8 Å². The Labute approximate surface area is 267 Å². The van der Waals surface area contributed by atoms with Gasteiger partial charge in [-0.1, -0.05) is 30.3 Å². The molecule has 0 bridgehead atoms. The van der Waals surface area contributed by atoms with Crippen LogP contribution in [-0.4, -0.2) is 96.7 Å². The van der Waals surface area contributed by atoms with Crippen molar-refractivity contribution in [1.82, 2.24) is 20.6 Å². The third kappa shape index (κ3) is 9.67. The molecule has 1 aromatic carbocycles. The van der Waals surface area contributed by atoms with Gasteiger partial charge in [0.05, 0.1) is 5.92 Å². The van der Waals surface area contributed by atoms with Crippen molar-refractivity contribution in [3.8, 4) is 0 Å². The number of hydroxylamine groups is 2. The summed E-state index contributed by atoms with van der Waals surface area (Å²) in [4.78, 5) is 76.4. The predicted molar refractivity (Wildman–Crippen MR) is 165 cm³/mol. The Kier molecular flexibility index (Phi) is 12.0. The molecular weight excluding hydrogens is 604 g/mol. The normalized spacial score (nSPS) is 20.8. The van der Waals surface area contributed by atoms with Gasteiger partial charge in [0.15, 0.2) is 0 Å². The van der Waals surface area contributed by atoms with E-state index in [4.69, 9.17) is 4.74 Å². The number of benzene rings is 1. The lowest BCUT2D eigenvalue weighted by Crippen LogP contribution is -2.70. The molecular formula is C31H44N4O9S. The smallest absolute Gasteiger partial charge is 0.407 e. The Morgan fingerprint density at radius 2 is 1.73 bits per heavy atom. The van der Waals surface area contributed by atoms with Crippen molar-refractivity contribution in [1.29, 1.82) is 0 Å². The van der Waals surface area contributed by atoms with Crippen LogP contribution in [-0.2, 0) is 28.7 Å². The molecule has 0 aliphatic carbocycles. The summed E-state index contributed by atoms with van der Waals surface area (Å²) in [5.41, 5.74) is -0.0238. The molecule has 1 aromatic rings. The number of carboxylic acid groups (broad SMARTS) is 1. The van der Waals surface area contributed by atoms with Gasteiger partial charge in [0.1, 0.15) is 28.8 Å². The number of hydrogen-bond acceptors (Lipinski definition) is 9. The third-order valence-electron chi connectivity index (χ3n) is 7.54. The number of β-lactam (4-membered cyclic amide) rings is 1. The quantitative estimate of drug-likeness (QED) is 0.0955. The first-order chi connectivity index (χ1) is 21.0. The summed E-state index contributed by atoms with van der Waals surface area (Å²) in [6.45, 7) is 9.27. The molecule has 2 aliphatic heterocycles. The zero-order valence-electron chi connectivity index (χ0n) is 26.4. The van der Waals surface area contributed by atoms with E-state index >= 15 is 0 Å². The number of alkyl carbamates (subject to hydrolysis) is 1. The second kappa shape index (κ2) is 15.1. The molecule has 2 saturated heterocycles. The Morgan fingerprint density at radius 1 is 1.07 bits per heavy atom. The molecule has 45 heavy (non-hydrogen) atoms. The van der Waals surface area contributed by atoms with Crippen molar-refractivity contribution in [2.75, 3.05) is 13.1 Å². The number of unbranched alkanes of at least 4 members (excludes halogenated alkanes) is 2. The van der Waals surface area contributed by atoms with E-state index in [-0.39, 0.29) is 31.6 Å². The van der Waals surface area contributed by atoms with Gasteiger partial charge in [-0.2, -0.15) is 0 Å². The molecule has 14 heteroatoms. The van der Waals surface area contributed by atoms with Gasteiger partial charge >= 0.3 is 12.1 Å². The molecule has 1 unspecified atom stereocenters. The average Bonchev–Trinajstić information content (AvgIpc) is 3.22. The number of amides is 4. The van der Waals surface area contributed by atoms with Gasteiger partial charge in [-0.15, -0.1) is 11.8 Å². The number of nitrogens with zero attached hydrogens (tertiary/aromatic N) is 2. The fourth-order valence-corrected chi connectivity index (χ4v) is 6.97. The van der Waals surface area contributed by atoms with Gasteiger partial charge in [-0.05, 0) is 59.4 Å². The van der Waals surface area contributed by atoms with Crippen LogP contribution < -0.4 is 10.6 Å². The van der Waals surface area contributed by atoms with Crippen molar-refractivity contribution in [3.63, 3.8) is 0 Å². The number of carbonyl (C=O) groups is 6. The Morgan fingerprint density at radius 3 is 2.36 bits per heavy atom. The minimum absolute atomic E-state index is 0.0691. The zero-order valence-corrected chi connectivity index (χ0v) is 27.2. The first kappa shape index (κ1) is 35.8. The van der Waals surface area contributed by atoms with Crippen LogP contribution >= 0.6 is 11.8 Å². The van der Waals surface area contributed by atoms with Crippen LogP contribution in [0.4, 0.5) is 4.79 Å². The van der Waals surface area contributed by atoms with Crippen LogP contribution in [0, 0.1) is 0 Å². The lowest BCUT2D eigenvalue weighted by atomic mass is 9.90. The molecule has 2 aliphatic rings. The summed E-state index contributed by atoms with van der Waals surface area (Å²) in [6.07, 6.45) is 0.613. The number of nitrogens with one attached hydrogen (secondary N) is 2. The Balaban J connectivity index is 1.46. The molecule has 2 fully saturated rings. The molecule has 248 valence electrons. The Hall–Kier alpha value is -3.65. The second-order valence-corrected chi connectivity index (χ2v) is 14.6. The largest absolute Gasteiger partial charge is 0.480 e. The highest BCUT2D eigenvalue weighted by Crippen LogP contribution is 2.50. The SMILES string of the molecule is CC(C)(C)OC(=O)NCCCCCN(O)C(=O)CCC(=O)C[C@@H](C(=O)N[C@@H]1C(=O)N2C1SC(C)(C)[C@@H]2C(=O)O)c1ccccc1. The first-order valence-electron chi connectivity index (χ1n) is 15.1. The molecule has 3 rings (SSSR count). The van der Waals surface area contributed by atoms with Gasteiger partial charge in [0.2, 0.25) is 17.7 Å². The van der Waals surface area contributed by atoms with E-state index in [9.17, 15) is 39.1 Å². The standard InChI is InChI=1S/C31H44N4O9S/c1-30(2,3)44-29(42)32-16-10-7-11-17-34(43)22(37)15-14-20(36)18-21(19-12-8-6-9-13-19)25(38)33-23-26(39)35-24(28(40)41)31(4,5)45-27(23)35/h6,8-9,12-13,21,23-24,27,43H,7,10-11,14-18H2,1-5H3,(H,32,42)(H,33,38)(H,40,41)/t21-,23-,24+,27?/m1/s1.